The Kier molecular flexibility index (Phi) is 4.52. The Bertz CT molecular complexity index is 547. The minimum absolute atomic E-state index is 0.530. The van der Waals surface area contributed by atoms with Crippen LogP contribution in [0.1, 0.15) is 10.6 Å². The van der Waals surface area contributed by atoms with E-state index in [1.165, 1.54) is 12.3 Å². The average molecular weight is 416 g/mol. The molecular formula is C11H7Br2F3N2S. The number of anilines is 1. The summed E-state index contributed by atoms with van der Waals surface area (Å²) in [7, 11) is 0. The van der Waals surface area contributed by atoms with E-state index in [9.17, 15) is 13.2 Å². The number of rotatable bonds is 3. The highest BCUT2D eigenvalue weighted by molar-refractivity contribution is 9.13. The summed E-state index contributed by atoms with van der Waals surface area (Å²) in [6.07, 6.45) is -3.22. The van der Waals surface area contributed by atoms with Crippen LogP contribution in [0.3, 0.4) is 0 Å². The quantitative estimate of drug-likeness (QED) is 0.735. The Hall–Kier alpha value is -0.600. The maximum Gasteiger partial charge on any atom is 0.433 e. The predicted octanol–water partition coefficient (Wildman–Crippen LogP) is 5.30. The van der Waals surface area contributed by atoms with Gasteiger partial charge in [0, 0.05) is 15.9 Å². The predicted molar refractivity (Wildman–Crippen MR) is 76.3 cm³/mol. The first-order chi connectivity index (χ1) is 8.86. The van der Waals surface area contributed by atoms with Crippen molar-refractivity contribution >= 4 is 48.9 Å². The number of halogens is 5. The van der Waals surface area contributed by atoms with Crippen molar-refractivity contribution in [2.24, 2.45) is 0 Å². The first kappa shape index (κ1) is 14.8. The van der Waals surface area contributed by atoms with Crippen molar-refractivity contribution in [2.45, 2.75) is 12.7 Å². The highest BCUT2D eigenvalue weighted by Crippen LogP contribution is 2.33. The Morgan fingerprint density at radius 3 is 2.47 bits per heavy atom. The van der Waals surface area contributed by atoms with E-state index in [0.29, 0.717) is 12.2 Å². The smallest absolute Gasteiger partial charge is 0.379 e. The molecule has 0 amide bonds. The lowest BCUT2D eigenvalue weighted by atomic mass is 10.3. The molecule has 0 aliphatic heterocycles. The fourth-order valence-electron chi connectivity index (χ4n) is 1.33. The van der Waals surface area contributed by atoms with Gasteiger partial charge >= 0.3 is 6.18 Å². The van der Waals surface area contributed by atoms with Crippen LogP contribution in [-0.4, -0.2) is 4.98 Å². The Labute approximate surface area is 128 Å². The third-order valence-corrected chi connectivity index (χ3v) is 5.47. The Morgan fingerprint density at radius 1 is 1.26 bits per heavy atom. The largest absolute Gasteiger partial charge is 0.433 e. The minimum Gasteiger partial charge on any atom is -0.379 e. The first-order valence-electron chi connectivity index (χ1n) is 5.07. The van der Waals surface area contributed by atoms with Crippen molar-refractivity contribution in [1.29, 1.82) is 0 Å². The van der Waals surface area contributed by atoms with Crippen LogP contribution < -0.4 is 5.32 Å². The van der Waals surface area contributed by atoms with Gasteiger partial charge in [0.15, 0.2) is 0 Å². The number of pyridine rings is 1. The van der Waals surface area contributed by atoms with Crippen LogP contribution in [0.4, 0.5) is 18.9 Å². The topological polar surface area (TPSA) is 24.9 Å². The standard InChI is InChI=1S/C11H7Br2F3N2S/c12-8-3-7(19-10(8)13)5-17-6-1-2-9(18-4-6)11(14,15)16/h1-4,17H,5H2. The van der Waals surface area contributed by atoms with Crippen molar-refractivity contribution in [3.63, 3.8) is 0 Å². The van der Waals surface area contributed by atoms with E-state index in [0.717, 1.165) is 19.2 Å². The van der Waals surface area contributed by atoms with E-state index in [1.807, 2.05) is 6.07 Å². The van der Waals surface area contributed by atoms with Gasteiger partial charge in [0.05, 0.1) is 15.7 Å². The summed E-state index contributed by atoms with van der Waals surface area (Å²) in [6, 6.07) is 4.27. The monoisotopic (exact) mass is 414 g/mol. The molecule has 2 aromatic rings. The highest BCUT2D eigenvalue weighted by Gasteiger charge is 2.31. The molecule has 0 fully saturated rings. The van der Waals surface area contributed by atoms with Gasteiger partial charge in [0.2, 0.25) is 0 Å². The highest BCUT2D eigenvalue weighted by atomic mass is 79.9. The molecule has 2 rings (SSSR count). The molecule has 2 aromatic heterocycles. The summed E-state index contributed by atoms with van der Waals surface area (Å²) in [5.41, 5.74) is -0.340. The average Bonchev–Trinajstić information content (AvgIpc) is 2.66. The van der Waals surface area contributed by atoms with Gasteiger partial charge in [-0.3, -0.25) is 0 Å². The molecule has 8 heteroatoms. The van der Waals surface area contributed by atoms with E-state index in [2.05, 4.69) is 42.2 Å². The van der Waals surface area contributed by atoms with Crippen molar-refractivity contribution in [2.75, 3.05) is 5.32 Å². The lowest BCUT2D eigenvalue weighted by Crippen LogP contribution is -2.08. The molecule has 0 saturated heterocycles. The van der Waals surface area contributed by atoms with Crippen LogP contribution in [0, 0.1) is 0 Å². The molecule has 19 heavy (non-hydrogen) atoms. The summed E-state index contributed by atoms with van der Waals surface area (Å²) < 4.78 is 38.9. The van der Waals surface area contributed by atoms with Crippen LogP contribution in [0.15, 0.2) is 32.7 Å². The lowest BCUT2D eigenvalue weighted by molar-refractivity contribution is -0.141. The van der Waals surface area contributed by atoms with Crippen molar-refractivity contribution < 1.29 is 13.2 Å². The molecule has 102 valence electrons. The summed E-state index contributed by atoms with van der Waals surface area (Å²) >= 11 is 8.30. The SMILES string of the molecule is FC(F)(F)c1ccc(NCc2cc(Br)c(Br)s2)cn1. The van der Waals surface area contributed by atoms with Gasteiger partial charge in [-0.2, -0.15) is 13.2 Å². The molecule has 2 heterocycles. The van der Waals surface area contributed by atoms with Crippen LogP contribution in [-0.2, 0) is 12.7 Å². The fraction of sp³-hybridized carbons (Fsp3) is 0.182. The Morgan fingerprint density at radius 2 is 2.00 bits per heavy atom. The normalized spacial score (nSPS) is 11.6. The molecule has 2 nitrogen and oxygen atoms in total. The molecule has 0 aliphatic rings. The third-order valence-electron chi connectivity index (χ3n) is 2.22. The van der Waals surface area contributed by atoms with E-state index in [4.69, 9.17) is 0 Å². The zero-order valence-electron chi connectivity index (χ0n) is 9.26. The first-order valence-corrected chi connectivity index (χ1v) is 7.47. The van der Waals surface area contributed by atoms with Crippen molar-refractivity contribution in [3.8, 4) is 0 Å². The zero-order chi connectivity index (χ0) is 14.0. The Balaban J connectivity index is 2.00. The summed E-state index contributed by atoms with van der Waals surface area (Å²) in [6.45, 7) is 0.530. The van der Waals surface area contributed by atoms with Gasteiger partial charge < -0.3 is 5.32 Å². The minimum atomic E-state index is -4.40. The molecule has 0 radical (unpaired) electrons. The van der Waals surface area contributed by atoms with Crippen molar-refractivity contribution in [1.82, 2.24) is 4.98 Å². The van der Waals surface area contributed by atoms with E-state index in [1.54, 1.807) is 11.3 Å². The van der Waals surface area contributed by atoms with Crippen LogP contribution >= 0.6 is 43.2 Å². The molecule has 0 aliphatic carbocycles. The van der Waals surface area contributed by atoms with Gasteiger partial charge in [-0.25, -0.2) is 4.98 Å². The molecule has 1 N–H and O–H groups in total. The van der Waals surface area contributed by atoms with E-state index in [-0.39, 0.29) is 0 Å². The number of hydrogen-bond acceptors (Lipinski definition) is 3. The zero-order valence-corrected chi connectivity index (χ0v) is 13.3. The van der Waals surface area contributed by atoms with Crippen LogP contribution in [0.25, 0.3) is 0 Å². The molecule has 0 spiro atoms. The van der Waals surface area contributed by atoms with E-state index < -0.39 is 11.9 Å². The van der Waals surface area contributed by atoms with E-state index >= 15 is 0 Å². The second kappa shape index (κ2) is 5.80. The number of alkyl halides is 3. The number of aromatic nitrogens is 1. The summed E-state index contributed by atoms with van der Waals surface area (Å²) in [5, 5.41) is 3.02. The maximum absolute atomic E-state index is 12.3. The second-order valence-corrected chi connectivity index (χ2v) is 6.93. The number of nitrogens with zero attached hydrogens (tertiary/aromatic N) is 1. The number of nitrogens with one attached hydrogen (secondary N) is 1. The number of thiophene rings is 1. The lowest BCUT2D eigenvalue weighted by Gasteiger charge is -2.07. The number of hydrogen-bond donors (Lipinski definition) is 1. The molecule has 0 saturated carbocycles. The maximum atomic E-state index is 12.3. The molecule has 0 aromatic carbocycles. The van der Waals surface area contributed by atoms with Crippen LogP contribution in [0.5, 0.6) is 0 Å². The molecule has 0 atom stereocenters. The van der Waals surface area contributed by atoms with Gasteiger partial charge in [0.1, 0.15) is 5.69 Å². The van der Waals surface area contributed by atoms with Crippen molar-refractivity contribution in [3.05, 3.63) is 43.2 Å². The molecule has 0 unspecified atom stereocenters. The molecule has 0 bridgehead atoms. The molecular weight excluding hydrogens is 409 g/mol. The summed E-state index contributed by atoms with van der Waals surface area (Å²) in [5.74, 6) is 0. The van der Waals surface area contributed by atoms with Gasteiger partial charge in [-0.05, 0) is 50.1 Å². The third kappa shape index (κ3) is 3.93. The van der Waals surface area contributed by atoms with Gasteiger partial charge in [0.25, 0.3) is 0 Å². The van der Waals surface area contributed by atoms with Gasteiger partial charge in [-0.1, -0.05) is 0 Å². The fourth-order valence-corrected chi connectivity index (χ4v) is 3.45. The van der Waals surface area contributed by atoms with Crippen LogP contribution in [0.2, 0.25) is 0 Å². The van der Waals surface area contributed by atoms with Gasteiger partial charge in [-0.15, -0.1) is 11.3 Å². The summed E-state index contributed by atoms with van der Waals surface area (Å²) in [4.78, 5) is 4.44. The second-order valence-electron chi connectivity index (χ2n) is 3.62.